The molecule has 52 heavy (non-hydrogen) atoms. The first-order valence-electron chi connectivity index (χ1n) is 17.6. The molecule has 0 unspecified atom stereocenters. The molecule has 5 atom stereocenters. The van der Waals surface area contributed by atoms with Gasteiger partial charge in [0.1, 0.15) is 33.9 Å². The molecule has 1 aliphatic carbocycles. The maximum absolute atomic E-state index is 14.0. The minimum Gasteiger partial charge on any atom is -0.481 e. The highest BCUT2D eigenvalue weighted by Gasteiger charge is 2.54. The minimum absolute atomic E-state index is 0.0179. The van der Waals surface area contributed by atoms with Crippen LogP contribution in [-0.4, -0.2) is 107 Å². The van der Waals surface area contributed by atoms with Crippen LogP contribution in [0, 0.1) is 23.5 Å². The van der Waals surface area contributed by atoms with Crippen molar-refractivity contribution in [2.24, 2.45) is 11.8 Å². The maximum Gasteiger partial charge on any atom is 0.306 e. The van der Waals surface area contributed by atoms with Crippen molar-refractivity contribution in [1.29, 1.82) is 0 Å². The number of morpholine rings is 1. The van der Waals surface area contributed by atoms with E-state index >= 15 is 0 Å². The highest BCUT2D eigenvalue weighted by molar-refractivity contribution is 7.09. The van der Waals surface area contributed by atoms with Crippen molar-refractivity contribution in [1.82, 2.24) is 25.4 Å². The van der Waals surface area contributed by atoms with Gasteiger partial charge in [0.15, 0.2) is 6.10 Å². The summed E-state index contributed by atoms with van der Waals surface area (Å²) < 4.78 is 39.0. The number of carbonyl (C=O) groups is 5. The number of benzene rings is 1. The zero-order chi connectivity index (χ0) is 38.3. The van der Waals surface area contributed by atoms with Crippen LogP contribution >= 0.6 is 11.3 Å². The Morgan fingerprint density at radius 1 is 1.13 bits per heavy atom. The molecule has 1 aromatic carbocycles. The number of nitrogens with zero attached hydrogens (tertiary/aromatic N) is 3. The summed E-state index contributed by atoms with van der Waals surface area (Å²) in [5, 5.41) is 17.0. The van der Waals surface area contributed by atoms with E-state index in [9.17, 15) is 37.9 Å². The fraction of sp³-hybridized carbons (Fsp3) is 0.611. The molecule has 16 heteroatoms. The van der Waals surface area contributed by atoms with Gasteiger partial charge in [0.2, 0.25) is 11.8 Å². The Balaban J connectivity index is 1.49. The summed E-state index contributed by atoms with van der Waals surface area (Å²) in [7, 11) is 1.66. The van der Waals surface area contributed by atoms with E-state index in [1.807, 2.05) is 25.7 Å². The summed E-state index contributed by atoms with van der Waals surface area (Å²) in [6.45, 7) is 10.6. The molecular formula is C36H49F2N5O8S. The summed E-state index contributed by atoms with van der Waals surface area (Å²) in [6.07, 6.45) is 0.162. The standard InChI is InChI=1S/C36H49F2N5O8S/c1-7-43-10-11-50-18-29(43)32(46)41-36(8-9-36)35(49)42(6)28(20(2)3)17-30(51-22(5)44)33-40-27(19-52-33)31(45)39-26(12-21(4)34(47)48)15-23-13-24(37)16-25(38)14-23/h13-14,16,19-21,26,28-30H,7-12,15,17-18H2,1-6H3,(H,39,45)(H,41,46)(H,47,48)/t21-,26+,28+,29+,30+/m0/s1. The topological polar surface area (TPSA) is 167 Å². The summed E-state index contributed by atoms with van der Waals surface area (Å²) >= 11 is 1.08. The molecule has 2 heterocycles. The Labute approximate surface area is 306 Å². The molecule has 1 saturated carbocycles. The average Bonchev–Trinajstić information content (AvgIpc) is 3.68. The minimum atomic E-state index is -1.09. The second-order valence-corrected chi connectivity index (χ2v) is 14.9. The lowest BCUT2D eigenvalue weighted by Crippen LogP contribution is -2.59. The number of aromatic nitrogens is 1. The van der Waals surface area contributed by atoms with Crippen LogP contribution in [0.1, 0.15) is 87.5 Å². The number of carboxylic acids is 1. The molecular weight excluding hydrogens is 700 g/mol. The number of hydrogen-bond acceptors (Lipinski definition) is 10. The molecule has 0 spiro atoms. The van der Waals surface area contributed by atoms with E-state index in [1.54, 1.807) is 11.9 Å². The summed E-state index contributed by atoms with van der Waals surface area (Å²) in [5.74, 6) is -5.40. The first-order valence-corrected chi connectivity index (χ1v) is 18.4. The summed E-state index contributed by atoms with van der Waals surface area (Å²) in [4.78, 5) is 72.6. The van der Waals surface area contributed by atoms with Crippen LogP contribution in [0.2, 0.25) is 0 Å². The molecule has 1 aliphatic heterocycles. The van der Waals surface area contributed by atoms with E-state index in [0.717, 1.165) is 29.5 Å². The van der Waals surface area contributed by atoms with Crippen LogP contribution in [0.4, 0.5) is 8.78 Å². The average molecular weight is 750 g/mol. The van der Waals surface area contributed by atoms with Gasteiger partial charge in [0.25, 0.3) is 5.91 Å². The monoisotopic (exact) mass is 749 g/mol. The third-order valence-electron chi connectivity index (χ3n) is 9.65. The quantitative estimate of drug-likeness (QED) is 0.203. The van der Waals surface area contributed by atoms with Crippen molar-refractivity contribution in [3.63, 3.8) is 0 Å². The molecule has 286 valence electrons. The Morgan fingerprint density at radius 3 is 2.38 bits per heavy atom. The van der Waals surface area contributed by atoms with Gasteiger partial charge < -0.3 is 30.1 Å². The summed E-state index contributed by atoms with van der Waals surface area (Å²) in [6, 6.07) is 1.22. The van der Waals surface area contributed by atoms with Crippen molar-refractivity contribution >= 4 is 41.0 Å². The number of amides is 3. The third-order valence-corrected chi connectivity index (χ3v) is 10.6. The number of hydrogen-bond donors (Lipinski definition) is 3. The van der Waals surface area contributed by atoms with E-state index in [2.05, 4.69) is 15.6 Å². The molecule has 0 bridgehead atoms. The zero-order valence-corrected chi connectivity index (χ0v) is 31.3. The van der Waals surface area contributed by atoms with Crippen LogP contribution in [0.5, 0.6) is 0 Å². The molecule has 13 nitrogen and oxygen atoms in total. The number of nitrogens with one attached hydrogen (secondary N) is 2. The highest BCUT2D eigenvalue weighted by atomic mass is 32.1. The van der Waals surface area contributed by atoms with Gasteiger partial charge in [-0.2, -0.15) is 0 Å². The Morgan fingerprint density at radius 2 is 1.81 bits per heavy atom. The normalized spacial score (nSPS) is 19.2. The fourth-order valence-electron chi connectivity index (χ4n) is 6.61. The first kappa shape index (κ1) is 40.7. The van der Waals surface area contributed by atoms with Gasteiger partial charge in [-0.15, -0.1) is 11.3 Å². The largest absolute Gasteiger partial charge is 0.481 e. The number of carboxylic acid groups (broad SMARTS) is 1. The predicted octanol–water partition coefficient (Wildman–Crippen LogP) is 3.72. The first-order chi connectivity index (χ1) is 24.5. The van der Waals surface area contributed by atoms with Gasteiger partial charge in [-0.3, -0.25) is 28.9 Å². The van der Waals surface area contributed by atoms with Gasteiger partial charge in [0, 0.05) is 50.5 Å². The van der Waals surface area contributed by atoms with Crippen LogP contribution < -0.4 is 10.6 Å². The highest BCUT2D eigenvalue weighted by Crippen LogP contribution is 2.39. The van der Waals surface area contributed by atoms with Gasteiger partial charge in [-0.1, -0.05) is 27.7 Å². The van der Waals surface area contributed by atoms with E-state index in [4.69, 9.17) is 9.47 Å². The van der Waals surface area contributed by atoms with E-state index < -0.39 is 65.2 Å². The van der Waals surface area contributed by atoms with Crippen LogP contribution in [0.3, 0.4) is 0 Å². The van der Waals surface area contributed by atoms with Crippen LogP contribution in [0.15, 0.2) is 23.6 Å². The molecule has 0 radical (unpaired) electrons. The smallest absolute Gasteiger partial charge is 0.306 e. The van der Waals surface area contributed by atoms with Crippen molar-refractivity contribution in [3.05, 3.63) is 51.5 Å². The van der Waals surface area contributed by atoms with Gasteiger partial charge in [0.05, 0.1) is 19.1 Å². The number of thiazole rings is 1. The maximum atomic E-state index is 14.0. The molecule has 2 fully saturated rings. The molecule has 3 amide bonds. The van der Waals surface area contributed by atoms with Gasteiger partial charge in [-0.05, 0) is 55.8 Å². The van der Waals surface area contributed by atoms with E-state index in [-0.39, 0.29) is 54.9 Å². The molecule has 4 rings (SSSR count). The van der Waals surface area contributed by atoms with Crippen LogP contribution in [-0.2, 0) is 35.1 Å². The van der Waals surface area contributed by atoms with Crippen molar-refractivity contribution in [2.75, 3.05) is 33.4 Å². The van der Waals surface area contributed by atoms with E-state index in [1.165, 1.54) is 19.2 Å². The number of likely N-dealkylation sites (N-methyl/N-ethyl adjacent to an activating group) is 2. The predicted molar refractivity (Wildman–Crippen MR) is 187 cm³/mol. The lowest BCUT2D eigenvalue weighted by Gasteiger charge is -2.37. The zero-order valence-electron chi connectivity index (χ0n) is 30.4. The fourth-order valence-corrected chi connectivity index (χ4v) is 7.45. The number of ether oxygens (including phenoxy) is 2. The second-order valence-electron chi connectivity index (χ2n) is 14.1. The third kappa shape index (κ3) is 10.5. The number of halogens is 2. The lowest BCUT2D eigenvalue weighted by molar-refractivity contribution is -0.149. The lowest BCUT2D eigenvalue weighted by atomic mass is 9.95. The van der Waals surface area contributed by atoms with E-state index in [0.29, 0.717) is 37.5 Å². The molecule has 2 aromatic rings. The van der Waals surface area contributed by atoms with Crippen LogP contribution in [0.25, 0.3) is 0 Å². The number of carbonyl (C=O) groups excluding carboxylic acids is 4. The van der Waals surface area contributed by atoms with Gasteiger partial charge in [-0.25, -0.2) is 13.8 Å². The summed E-state index contributed by atoms with van der Waals surface area (Å²) in [5.41, 5.74) is -0.815. The second kappa shape index (κ2) is 17.7. The molecule has 1 saturated heterocycles. The number of aliphatic carboxylic acids is 1. The molecule has 3 N–H and O–H groups in total. The molecule has 1 aromatic heterocycles. The van der Waals surface area contributed by atoms with Crippen molar-refractivity contribution in [3.8, 4) is 0 Å². The Hall–Kier alpha value is -4.02. The SMILES string of the molecule is CCN1CCOC[C@@H]1C(=O)NC1(C(=O)N(C)[C@H](C[C@@H](OC(C)=O)c2nc(C(=O)N[C@@H](Cc3cc(F)cc(F)c3)C[C@H](C)C(=O)O)cs2)C(C)C)CC1. The van der Waals surface area contributed by atoms with Crippen molar-refractivity contribution in [2.45, 2.75) is 96.5 Å². The Bertz CT molecular complexity index is 1600. The number of rotatable bonds is 17. The Kier molecular flexibility index (Phi) is 13.8. The molecule has 2 aliphatic rings. The number of esters is 1. The van der Waals surface area contributed by atoms with Crippen molar-refractivity contribution < 1.29 is 47.3 Å². The van der Waals surface area contributed by atoms with Gasteiger partial charge >= 0.3 is 11.9 Å².